The van der Waals surface area contributed by atoms with Gasteiger partial charge in [0.15, 0.2) is 0 Å². The van der Waals surface area contributed by atoms with E-state index in [1.807, 2.05) is 13.0 Å². The Hall–Kier alpha value is -1.85. The molecule has 0 saturated heterocycles. The number of nitrogens with two attached hydrogens (primary N) is 1. The number of hydrogen-bond donors (Lipinski definition) is 2. The molecule has 1 unspecified atom stereocenters. The molecule has 0 amide bonds. The van der Waals surface area contributed by atoms with Crippen molar-refractivity contribution in [3.8, 4) is 0 Å². The van der Waals surface area contributed by atoms with Gasteiger partial charge >= 0.3 is 0 Å². The monoisotopic (exact) mass is 232 g/mol. The third kappa shape index (κ3) is 2.64. The summed E-state index contributed by atoms with van der Waals surface area (Å²) in [5.74, 6) is 5.23. The smallest absolute Gasteiger partial charge is 0.123 e. The number of hydrazine groups is 1. The van der Waals surface area contributed by atoms with E-state index in [1.165, 1.54) is 18.5 Å². The minimum Gasteiger partial charge on any atom is -0.271 e. The number of benzene rings is 1. The zero-order valence-electron chi connectivity index (χ0n) is 9.39. The summed E-state index contributed by atoms with van der Waals surface area (Å²) in [6.45, 7) is 1.83. The minimum absolute atomic E-state index is 0.280. The minimum atomic E-state index is -0.314. The first kappa shape index (κ1) is 11.6. The first-order valence-corrected chi connectivity index (χ1v) is 5.19. The zero-order valence-corrected chi connectivity index (χ0v) is 9.39. The highest BCUT2D eigenvalue weighted by molar-refractivity contribution is 5.32. The highest BCUT2D eigenvalue weighted by Crippen LogP contribution is 2.21. The quantitative estimate of drug-likeness (QED) is 0.621. The van der Waals surface area contributed by atoms with Crippen LogP contribution >= 0.6 is 0 Å². The van der Waals surface area contributed by atoms with Gasteiger partial charge in [-0.25, -0.2) is 19.8 Å². The summed E-state index contributed by atoms with van der Waals surface area (Å²) < 4.78 is 13.3. The van der Waals surface area contributed by atoms with Gasteiger partial charge < -0.3 is 0 Å². The number of hydrogen-bond acceptors (Lipinski definition) is 4. The molecule has 0 radical (unpaired) electrons. The molecule has 0 bridgehead atoms. The lowest BCUT2D eigenvalue weighted by Crippen LogP contribution is -2.29. The molecule has 4 nitrogen and oxygen atoms in total. The van der Waals surface area contributed by atoms with E-state index < -0.39 is 0 Å². The summed E-state index contributed by atoms with van der Waals surface area (Å²) in [5.41, 5.74) is 5.03. The third-order valence-corrected chi connectivity index (χ3v) is 2.48. The molecule has 5 heteroatoms. The van der Waals surface area contributed by atoms with Gasteiger partial charge in [0.2, 0.25) is 0 Å². The van der Waals surface area contributed by atoms with Crippen molar-refractivity contribution in [1.82, 2.24) is 15.4 Å². The molecule has 17 heavy (non-hydrogen) atoms. The number of nitrogens with zero attached hydrogens (tertiary/aromatic N) is 2. The molecule has 1 heterocycles. The lowest BCUT2D eigenvalue weighted by molar-refractivity contribution is 0.602. The summed E-state index contributed by atoms with van der Waals surface area (Å²) in [5, 5.41) is 0. The number of aromatic nitrogens is 2. The maximum absolute atomic E-state index is 13.3. The predicted octanol–water partition coefficient (Wildman–Crippen LogP) is 1.48. The van der Waals surface area contributed by atoms with Gasteiger partial charge in [0.05, 0.1) is 6.04 Å². The highest BCUT2D eigenvalue weighted by atomic mass is 19.1. The third-order valence-electron chi connectivity index (χ3n) is 2.48. The van der Waals surface area contributed by atoms with Crippen LogP contribution in [0.3, 0.4) is 0 Å². The lowest BCUT2D eigenvalue weighted by Gasteiger charge is -2.16. The molecule has 88 valence electrons. The molecule has 0 aliphatic heterocycles. The van der Waals surface area contributed by atoms with Crippen molar-refractivity contribution in [3.63, 3.8) is 0 Å². The van der Waals surface area contributed by atoms with Gasteiger partial charge in [0, 0.05) is 18.0 Å². The Morgan fingerprint density at radius 3 is 2.47 bits per heavy atom. The Kier molecular flexibility index (Phi) is 3.41. The van der Waals surface area contributed by atoms with Crippen LogP contribution in [0.25, 0.3) is 0 Å². The second-order valence-electron chi connectivity index (χ2n) is 3.83. The van der Waals surface area contributed by atoms with Gasteiger partial charge in [0.25, 0.3) is 0 Å². The Balaban J connectivity index is 2.42. The number of aryl methyl sites for hydroxylation is 1. The van der Waals surface area contributed by atoms with Gasteiger partial charge in [-0.1, -0.05) is 6.07 Å². The second-order valence-corrected chi connectivity index (χ2v) is 3.83. The van der Waals surface area contributed by atoms with E-state index >= 15 is 0 Å². The van der Waals surface area contributed by atoms with E-state index in [-0.39, 0.29) is 11.9 Å². The second kappa shape index (κ2) is 4.99. The molecule has 3 N–H and O–H groups in total. The fourth-order valence-electron chi connectivity index (χ4n) is 1.78. The molecule has 0 spiro atoms. The maximum Gasteiger partial charge on any atom is 0.123 e. The SMILES string of the molecule is Cc1cc(F)cc(C(NN)c2cncnc2)c1. The Labute approximate surface area is 98.7 Å². The van der Waals surface area contributed by atoms with Crippen LogP contribution in [0.5, 0.6) is 0 Å². The first-order valence-electron chi connectivity index (χ1n) is 5.19. The molecule has 0 aliphatic rings. The van der Waals surface area contributed by atoms with E-state index in [0.29, 0.717) is 0 Å². The van der Waals surface area contributed by atoms with Crippen molar-refractivity contribution in [1.29, 1.82) is 0 Å². The van der Waals surface area contributed by atoms with Gasteiger partial charge in [-0.15, -0.1) is 0 Å². The summed E-state index contributed by atoms with van der Waals surface area (Å²) in [6, 6.07) is 4.48. The van der Waals surface area contributed by atoms with Crippen molar-refractivity contribution in [2.24, 2.45) is 5.84 Å². The molecule has 2 rings (SSSR count). The van der Waals surface area contributed by atoms with Crippen LogP contribution in [0.15, 0.2) is 36.9 Å². The van der Waals surface area contributed by atoms with Crippen LogP contribution in [0, 0.1) is 12.7 Å². The molecule has 1 aromatic heterocycles. The number of nitrogens with one attached hydrogen (secondary N) is 1. The van der Waals surface area contributed by atoms with Gasteiger partial charge in [-0.3, -0.25) is 5.84 Å². The molecular weight excluding hydrogens is 219 g/mol. The van der Waals surface area contributed by atoms with E-state index in [2.05, 4.69) is 15.4 Å². The average molecular weight is 232 g/mol. The Morgan fingerprint density at radius 2 is 1.88 bits per heavy atom. The van der Waals surface area contributed by atoms with Crippen molar-refractivity contribution in [3.05, 3.63) is 59.4 Å². The van der Waals surface area contributed by atoms with E-state index in [4.69, 9.17) is 5.84 Å². The molecule has 2 aromatic rings. The maximum atomic E-state index is 13.3. The van der Waals surface area contributed by atoms with E-state index in [9.17, 15) is 4.39 Å². The van der Waals surface area contributed by atoms with Crippen LogP contribution in [0.2, 0.25) is 0 Å². The zero-order chi connectivity index (χ0) is 12.3. The molecular formula is C12H13FN4. The summed E-state index contributed by atoms with van der Waals surface area (Å²) in [4.78, 5) is 7.85. The fourth-order valence-corrected chi connectivity index (χ4v) is 1.78. The van der Waals surface area contributed by atoms with Crippen LogP contribution < -0.4 is 11.3 Å². The van der Waals surface area contributed by atoms with Crippen LogP contribution in [0.4, 0.5) is 4.39 Å². The summed E-state index contributed by atoms with van der Waals surface area (Å²) >= 11 is 0. The van der Waals surface area contributed by atoms with Crippen LogP contribution in [0.1, 0.15) is 22.7 Å². The van der Waals surface area contributed by atoms with E-state index in [1.54, 1.807) is 12.4 Å². The molecule has 0 fully saturated rings. The number of halogens is 1. The lowest BCUT2D eigenvalue weighted by atomic mass is 10.00. The van der Waals surface area contributed by atoms with Crippen molar-refractivity contribution in [2.75, 3.05) is 0 Å². The average Bonchev–Trinajstić information content (AvgIpc) is 2.30. The van der Waals surface area contributed by atoms with Crippen molar-refractivity contribution >= 4 is 0 Å². The standard InChI is InChI=1S/C12H13FN4/c1-8-2-9(4-11(13)3-8)12(17-14)10-5-15-7-16-6-10/h2-7,12,17H,14H2,1H3. The van der Waals surface area contributed by atoms with Crippen LogP contribution in [-0.4, -0.2) is 9.97 Å². The Bertz CT molecular complexity index is 481. The van der Waals surface area contributed by atoms with Crippen molar-refractivity contribution in [2.45, 2.75) is 13.0 Å². The summed E-state index contributed by atoms with van der Waals surface area (Å²) in [6.07, 6.45) is 4.74. The highest BCUT2D eigenvalue weighted by Gasteiger charge is 2.14. The molecule has 1 atom stereocenters. The van der Waals surface area contributed by atoms with Gasteiger partial charge in [0.1, 0.15) is 12.1 Å². The normalized spacial score (nSPS) is 12.4. The largest absolute Gasteiger partial charge is 0.271 e. The van der Waals surface area contributed by atoms with Crippen LogP contribution in [-0.2, 0) is 0 Å². The first-order chi connectivity index (χ1) is 8.20. The summed E-state index contributed by atoms with van der Waals surface area (Å²) in [7, 11) is 0. The number of rotatable bonds is 3. The topological polar surface area (TPSA) is 63.8 Å². The Morgan fingerprint density at radius 1 is 1.18 bits per heavy atom. The predicted molar refractivity (Wildman–Crippen MR) is 62.3 cm³/mol. The molecule has 1 aromatic carbocycles. The van der Waals surface area contributed by atoms with Crippen molar-refractivity contribution < 1.29 is 4.39 Å². The molecule has 0 aliphatic carbocycles. The van der Waals surface area contributed by atoms with Gasteiger partial charge in [-0.2, -0.15) is 0 Å². The molecule has 0 saturated carbocycles. The van der Waals surface area contributed by atoms with Gasteiger partial charge in [-0.05, 0) is 30.2 Å². The fraction of sp³-hybridized carbons (Fsp3) is 0.167. The van der Waals surface area contributed by atoms with E-state index in [0.717, 1.165) is 16.7 Å².